The molecule has 0 radical (unpaired) electrons. The molecule has 6 heteroatoms. The Morgan fingerprint density at radius 1 is 1.18 bits per heavy atom. The van der Waals surface area contributed by atoms with E-state index < -0.39 is 0 Å². The van der Waals surface area contributed by atoms with Crippen molar-refractivity contribution in [2.45, 2.75) is 32.2 Å². The van der Waals surface area contributed by atoms with Crippen molar-refractivity contribution >= 4 is 11.6 Å². The quantitative estimate of drug-likeness (QED) is 0.718. The molecule has 114 valence electrons. The molecular weight excluding hydrogens is 347 g/mol. The molecule has 0 spiro atoms. The maximum absolute atomic E-state index is 12.9. The van der Waals surface area contributed by atoms with Crippen LogP contribution in [0.2, 0.25) is 0 Å². The molecule has 4 nitrogen and oxygen atoms in total. The minimum Gasteiger partial charge on any atom is -1.00 e. The number of allylic oxidation sites excluding steroid dienone is 1. The first kappa shape index (κ1) is 16.4. The molecule has 0 atom stereocenters. The van der Waals surface area contributed by atoms with Crippen molar-refractivity contribution in [1.82, 2.24) is 14.8 Å². The molecule has 0 bridgehead atoms. The zero-order valence-corrected chi connectivity index (χ0v) is 13.6. The standard InChI is InChI=1S/C16H15FN4.BrH/c17-14-7-5-12(6-8-14)10-13(11-18)16-20-19-15-4-2-1-3-9-21(15)16;/h5-8,10H,1-4,9H2;1H/p-1/b13-10-;. The zero-order valence-electron chi connectivity index (χ0n) is 12.0. The van der Waals surface area contributed by atoms with Crippen molar-refractivity contribution in [2.75, 3.05) is 0 Å². The second-order valence-electron chi connectivity index (χ2n) is 5.12. The molecular formula is C16H15BrFN4-. The van der Waals surface area contributed by atoms with E-state index in [1.807, 2.05) is 4.57 Å². The molecule has 0 N–H and O–H groups in total. The molecule has 0 saturated carbocycles. The lowest BCUT2D eigenvalue weighted by Crippen LogP contribution is -3.00. The highest BCUT2D eigenvalue weighted by molar-refractivity contribution is 5.87. The van der Waals surface area contributed by atoms with E-state index in [2.05, 4.69) is 16.3 Å². The predicted octanol–water partition coefficient (Wildman–Crippen LogP) is 0.212. The molecule has 2 heterocycles. The number of hydrogen-bond donors (Lipinski definition) is 0. The summed E-state index contributed by atoms with van der Waals surface area (Å²) in [6, 6.07) is 8.23. The molecule has 1 aliphatic rings. The first-order valence-corrected chi connectivity index (χ1v) is 7.08. The Labute approximate surface area is 139 Å². The summed E-state index contributed by atoms with van der Waals surface area (Å²) in [7, 11) is 0. The second kappa shape index (κ2) is 7.32. The van der Waals surface area contributed by atoms with Crippen LogP contribution in [0.4, 0.5) is 4.39 Å². The first-order valence-electron chi connectivity index (χ1n) is 7.08. The van der Waals surface area contributed by atoms with Crippen LogP contribution in [0, 0.1) is 17.1 Å². The van der Waals surface area contributed by atoms with Gasteiger partial charge in [-0.25, -0.2) is 4.39 Å². The number of nitrogens with zero attached hydrogens (tertiary/aromatic N) is 4. The Kier molecular flexibility index (Phi) is 5.45. The summed E-state index contributed by atoms with van der Waals surface area (Å²) in [4.78, 5) is 0. The van der Waals surface area contributed by atoms with Gasteiger partial charge < -0.3 is 21.5 Å². The van der Waals surface area contributed by atoms with Crippen molar-refractivity contribution in [2.24, 2.45) is 0 Å². The molecule has 22 heavy (non-hydrogen) atoms. The number of halogens is 2. The molecule has 1 aromatic heterocycles. The van der Waals surface area contributed by atoms with Crippen LogP contribution in [0.5, 0.6) is 0 Å². The van der Waals surface area contributed by atoms with E-state index in [0.717, 1.165) is 37.2 Å². The summed E-state index contributed by atoms with van der Waals surface area (Å²) in [5.74, 6) is 1.27. The Morgan fingerprint density at radius 3 is 2.68 bits per heavy atom. The number of rotatable bonds is 2. The number of nitriles is 1. The van der Waals surface area contributed by atoms with Crippen LogP contribution in [0.3, 0.4) is 0 Å². The van der Waals surface area contributed by atoms with E-state index in [1.54, 1.807) is 18.2 Å². The van der Waals surface area contributed by atoms with Gasteiger partial charge in [0.1, 0.15) is 17.7 Å². The third-order valence-corrected chi connectivity index (χ3v) is 3.65. The van der Waals surface area contributed by atoms with E-state index in [9.17, 15) is 9.65 Å². The van der Waals surface area contributed by atoms with Gasteiger partial charge in [0.2, 0.25) is 0 Å². The van der Waals surface area contributed by atoms with Gasteiger partial charge in [-0.15, -0.1) is 10.2 Å². The molecule has 0 aliphatic carbocycles. The van der Waals surface area contributed by atoms with Crippen LogP contribution in [0.1, 0.15) is 36.5 Å². The Hall–Kier alpha value is -2.00. The van der Waals surface area contributed by atoms with Gasteiger partial charge in [0, 0.05) is 13.0 Å². The van der Waals surface area contributed by atoms with E-state index in [1.165, 1.54) is 18.6 Å². The Balaban J connectivity index is 0.00000176. The van der Waals surface area contributed by atoms with Gasteiger partial charge in [-0.3, -0.25) is 0 Å². The summed E-state index contributed by atoms with van der Waals surface area (Å²) in [5, 5.41) is 17.8. The number of fused-ring (bicyclic) bond motifs is 1. The lowest BCUT2D eigenvalue weighted by atomic mass is 10.1. The lowest BCUT2D eigenvalue weighted by molar-refractivity contribution is -0.00000520. The molecule has 3 rings (SSSR count). The predicted molar refractivity (Wildman–Crippen MR) is 77.5 cm³/mol. The number of benzene rings is 1. The van der Waals surface area contributed by atoms with Gasteiger partial charge in [-0.05, 0) is 36.6 Å². The van der Waals surface area contributed by atoms with Gasteiger partial charge in [0.15, 0.2) is 5.82 Å². The fourth-order valence-corrected chi connectivity index (χ4v) is 2.56. The van der Waals surface area contributed by atoms with Gasteiger partial charge >= 0.3 is 0 Å². The Bertz CT molecular complexity index is 713. The molecule has 0 amide bonds. The highest BCUT2D eigenvalue weighted by atomic mass is 79.9. The zero-order chi connectivity index (χ0) is 14.7. The first-order chi connectivity index (χ1) is 10.3. The summed E-state index contributed by atoms with van der Waals surface area (Å²) in [5.41, 5.74) is 1.24. The average molecular weight is 362 g/mol. The fraction of sp³-hybridized carbons (Fsp3) is 0.312. The van der Waals surface area contributed by atoms with E-state index >= 15 is 0 Å². The SMILES string of the molecule is N#C/C(=C/c1ccc(F)cc1)c1nnc2n1CCCCC2.[Br-]. The smallest absolute Gasteiger partial charge is 0.174 e. The Morgan fingerprint density at radius 2 is 1.95 bits per heavy atom. The summed E-state index contributed by atoms with van der Waals surface area (Å²) >= 11 is 0. The normalized spacial score (nSPS) is 14.5. The summed E-state index contributed by atoms with van der Waals surface area (Å²) < 4.78 is 15.0. The minimum atomic E-state index is -0.290. The number of aromatic nitrogens is 3. The van der Waals surface area contributed by atoms with Gasteiger partial charge in [0.05, 0.1) is 5.57 Å². The summed E-state index contributed by atoms with van der Waals surface area (Å²) in [6.07, 6.45) is 5.99. The summed E-state index contributed by atoms with van der Waals surface area (Å²) in [6.45, 7) is 0.847. The third-order valence-electron chi connectivity index (χ3n) is 3.65. The lowest BCUT2D eigenvalue weighted by Gasteiger charge is -2.05. The maximum Gasteiger partial charge on any atom is 0.174 e. The van der Waals surface area contributed by atoms with Crippen molar-refractivity contribution in [1.29, 1.82) is 5.26 Å². The van der Waals surface area contributed by atoms with Crippen LogP contribution in [-0.4, -0.2) is 14.8 Å². The van der Waals surface area contributed by atoms with Gasteiger partial charge in [-0.2, -0.15) is 5.26 Å². The minimum absolute atomic E-state index is 0. The number of hydrogen-bond acceptors (Lipinski definition) is 3. The van der Waals surface area contributed by atoms with E-state index in [4.69, 9.17) is 0 Å². The largest absolute Gasteiger partial charge is 1.00 e. The van der Waals surface area contributed by atoms with E-state index in [-0.39, 0.29) is 22.8 Å². The van der Waals surface area contributed by atoms with Gasteiger partial charge in [-0.1, -0.05) is 18.6 Å². The van der Waals surface area contributed by atoms with Crippen LogP contribution in [0.25, 0.3) is 11.6 Å². The highest BCUT2D eigenvalue weighted by Gasteiger charge is 2.17. The highest BCUT2D eigenvalue weighted by Crippen LogP contribution is 2.21. The number of aryl methyl sites for hydroxylation is 1. The molecule has 1 aliphatic heterocycles. The molecule has 0 fully saturated rings. The molecule has 0 saturated heterocycles. The fourth-order valence-electron chi connectivity index (χ4n) is 2.56. The van der Waals surface area contributed by atoms with E-state index in [0.29, 0.717) is 11.4 Å². The van der Waals surface area contributed by atoms with Crippen LogP contribution in [-0.2, 0) is 13.0 Å². The van der Waals surface area contributed by atoms with Crippen LogP contribution >= 0.6 is 0 Å². The van der Waals surface area contributed by atoms with Crippen molar-refractivity contribution in [3.8, 4) is 6.07 Å². The molecule has 1 aromatic carbocycles. The topological polar surface area (TPSA) is 54.5 Å². The average Bonchev–Trinajstić information content (AvgIpc) is 2.75. The molecule has 2 aromatic rings. The molecule has 0 unspecified atom stereocenters. The maximum atomic E-state index is 12.9. The van der Waals surface area contributed by atoms with Crippen molar-refractivity contribution < 1.29 is 21.4 Å². The van der Waals surface area contributed by atoms with Crippen LogP contribution < -0.4 is 17.0 Å². The second-order valence-corrected chi connectivity index (χ2v) is 5.12. The third kappa shape index (κ3) is 3.42. The van der Waals surface area contributed by atoms with Crippen molar-refractivity contribution in [3.05, 3.63) is 47.3 Å². The van der Waals surface area contributed by atoms with Gasteiger partial charge in [0.25, 0.3) is 0 Å². The van der Waals surface area contributed by atoms with Crippen LogP contribution in [0.15, 0.2) is 24.3 Å². The van der Waals surface area contributed by atoms with Crippen molar-refractivity contribution in [3.63, 3.8) is 0 Å². The monoisotopic (exact) mass is 361 g/mol.